The van der Waals surface area contributed by atoms with Gasteiger partial charge in [-0.25, -0.2) is 0 Å². The fourth-order valence-corrected chi connectivity index (χ4v) is 2.36. The number of furan rings is 1. The normalized spacial score (nSPS) is 24.5. The molecule has 1 aromatic rings. The number of esters is 1. The van der Waals surface area contributed by atoms with E-state index in [0.717, 1.165) is 38.0 Å². The van der Waals surface area contributed by atoms with Crippen molar-refractivity contribution in [3.8, 4) is 0 Å². The molecule has 1 aromatic heterocycles. The van der Waals surface area contributed by atoms with Crippen LogP contribution in [0.4, 0.5) is 0 Å². The molecule has 17 heavy (non-hydrogen) atoms. The predicted molar refractivity (Wildman–Crippen MR) is 63.3 cm³/mol. The molecule has 0 radical (unpaired) electrons. The van der Waals surface area contributed by atoms with Gasteiger partial charge in [-0.05, 0) is 37.8 Å². The van der Waals surface area contributed by atoms with E-state index in [9.17, 15) is 4.79 Å². The zero-order chi connectivity index (χ0) is 12.1. The number of hydrogen-bond donors (Lipinski definition) is 1. The Morgan fingerprint density at radius 2 is 2.24 bits per heavy atom. The van der Waals surface area contributed by atoms with Crippen LogP contribution in [0.25, 0.3) is 0 Å². The van der Waals surface area contributed by atoms with Crippen molar-refractivity contribution in [2.45, 2.75) is 38.3 Å². The van der Waals surface area contributed by atoms with Crippen molar-refractivity contribution < 1.29 is 13.9 Å². The van der Waals surface area contributed by atoms with Crippen LogP contribution in [-0.2, 0) is 16.1 Å². The third-order valence-corrected chi connectivity index (χ3v) is 3.41. The van der Waals surface area contributed by atoms with Gasteiger partial charge in [0.1, 0.15) is 5.76 Å². The molecule has 0 spiro atoms. The molecule has 0 saturated heterocycles. The van der Waals surface area contributed by atoms with E-state index in [4.69, 9.17) is 9.15 Å². The average Bonchev–Trinajstić information content (AvgIpc) is 2.89. The second kappa shape index (κ2) is 5.87. The highest BCUT2D eigenvalue weighted by atomic mass is 16.5. The lowest BCUT2D eigenvalue weighted by Gasteiger charge is -2.27. The van der Waals surface area contributed by atoms with Gasteiger partial charge in [-0.3, -0.25) is 4.79 Å². The van der Waals surface area contributed by atoms with E-state index in [2.05, 4.69) is 5.32 Å². The first-order chi connectivity index (χ1) is 8.29. The van der Waals surface area contributed by atoms with Gasteiger partial charge in [-0.1, -0.05) is 0 Å². The Morgan fingerprint density at radius 3 is 2.82 bits per heavy atom. The summed E-state index contributed by atoms with van der Waals surface area (Å²) in [5.74, 6) is 0.997. The molecule has 0 amide bonds. The maximum Gasteiger partial charge on any atom is 0.308 e. The molecule has 0 bridgehead atoms. The zero-order valence-corrected chi connectivity index (χ0v) is 10.1. The lowest BCUT2D eigenvalue weighted by Crippen LogP contribution is -2.34. The molecular weight excluding hydrogens is 218 g/mol. The predicted octanol–water partition coefficient (Wildman–Crippen LogP) is 2.10. The van der Waals surface area contributed by atoms with Gasteiger partial charge in [0.15, 0.2) is 0 Å². The number of hydrogen-bond acceptors (Lipinski definition) is 4. The van der Waals surface area contributed by atoms with E-state index in [-0.39, 0.29) is 11.9 Å². The Morgan fingerprint density at radius 1 is 1.47 bits per heavy atom. The molecule has 4 nitrogen and oxygen atoms in total. The van der Waals surface area contributed by atoms with Crippen LogP contribution in [0.2, 0.25) is 0 Å². The number of ether oxygens (including phenoxy) is 1. The largest absolute Gasteiger partial charge is 0.469 e. The van der Waals surface area contributed by atoms with Crippen LogP contribution in [0.1, 0.15) is 31.4 Å². The van der Waals surface area contributed by atoms with Crippen molar-refractivity contribution in [3.63, 3.8) is 0 Å². The molecular formula is C13H19NO3. The number of carbonyl (C=O) groups is 1. The van der Waals surface area contributed by atoms with Crippen LogP contribution in [0, 0.1) is 5.92 Å². The smallest absolute Gasteiger partial charge is 0.308 e. The summed E-state index contributed by atoms with van der Waals surface area (Å²) in [6, 6.07) is 4.35. The van der Waals surface area contributed by atoms with Crippen molar-refractivity contribution >= 4 is 5.97 Å². The van der Waals surface area contributed by atoms with Crippen molar-refractivity contribution in [1.29, 1.82) is 0 Å². The van der Waals surface area contributed by atoms with E-state index in [1.54, 1.807) is 6.26 Å². The highest BCUT2D eigenvalue weighted by molar-refractivity contribution is 5.72. The molecule has 1 saturated carbocycles. The topological polar surface area (TPSA) is 51.5 Å². The molecule has 94 valence electrons. The Hall–Kier alpha value is -1.29. The van der Waals surface area contributed by atoms with Crippen molar-refractivity contribution in [1.82, 2.24) is 5.32 Å². The van der Waals surface area contributed by atoms with Crippen LogP contribution in [-0.4, -0.2) is 19.1 Å². The van der Waals surface area contributed by atoms with Crippen LogP contribution in [0.3, 0.4) is 0 Å². The quantitative estimate of drug-likeness (QED) is 0.815. The summed E-state index contributed by atoms with van der Waals surface area (Å²) in [5.41, 5.74) is 0. The average molecular weight is 237 g/mol. The summed E-state index contributed by atoms with van der Waals surface area (Å²) >= 11 is 0. The Labute approximate surface area is 101 Å². The molecule has 1 fully saturated rings. The maximum atomic E-state index is 11.4. The van der Waals surface area contributed by atoms with Crippen LogP contribution >= 0.6 is 0 Å². The third-order valence-electron chi connectivity index (χ3n) is 3.41. The van der Waals surface area contributed by atoms with E-state index >= 15 is 0 Å². The lowest BCUT2D eigenvalue weighted by molar-refractivity contribution is -0.146. The Balaban J connectivity index is 1.70. The van der Waals surface area contributed by atoms with Gasteiger partial charge in [-0.15, -0.1) is 0 Å². The second-order valence-electron chi connectivity index (χ2n) is 4.53. The van der Waals surface area contributed by atoms with Gasteiger partial charge in [0.2, 0.25) is 0 Å². The molecule has 1 heterocycles. The first-order valence-electron chi connectivity index (χ1n) is 6.13. The standard InChI is InChI=1S/C13H19NO3/c1-16-13(15)10-4-6-11(7-5-10)14-9-12-3-2-8-17-12/h2-3,8,10-11,14H,4-7,9H2,1H3. The summed E-state index contributed by atoms with van der Waals surface area (Å²) in [6.45, 7) is 0.764. The summed E-state index contributed by atoms with van der Waals surface area (Å²) in [6.07, 6.45) is 5.58. The molecule has 1 aliphatic carbocycles. The molecule has 1 aliphatic rings. The van der Waals surface area contributed by atoms with E-state index in [1.165, 1.54) is 7.11 Å². The monoisotopic (exact) mass is 237 g/mol. The van der Waals surface area contributed by atoms with E-state index in [0.29, 0.717) is 6.04 Å². The van der Waals surface area contributed by atoms with Gasteiger partial charge in [0.25, 0.3) is 0 Å². The number of rotatable bonds is 4. The minimum Gasteiger partial charge on any atom is -0.469 e. The number of carbonyl (C=O) groups excluding carboxylic acids is 1. The fraction of sp³-hybridized carbons (Fsp3) is 0.615. The molecule has 0 atom stereocenters. The zero-order valence-electron chi connectivity index (χ0n) is 10.1. The molecule has 0 aliphatic heterocycles. The van der Waals surface area contributed by atoms with Crippen molar-refractivity contribution in [2.24, 2.45) is 5.92 Å². The van der Waals surface area contributed by atoms with Crippen LogP contribution in [0.5, 0.6) is 0 Å². The molecule has 4 heteroatoms. The minimum atomic E-state index is -0.0607. The van der Waals surface area contributed by atoms with Gasteiger partial charge >= 0.3 is 5.97 Å². The fourth-order valence-electron chi connectivity index (χ4n) is 2.36. The highest BCUT2D eigenvalue weighted by Gasteiger charge is 2.26. The van der Waals surface area contributed by atoms with Gasteiger partial charge in [0.05, 0.1) is 25.8 Å². The maximum absolute atomic E-state index is 11.4. The lowest BCUT2D eigenvalue weighted by atomic mass is 9.86. The molecule has 0 unspecified atom stereocenters. The molecule has 1 N–H and O–H groups in total. The minimum absolute atomic E-state index is 0.0607. The van der Waals surface area contributed by atoms with E-state index in [1.807, 2.05) is 12.1 Å². The summed E-state index contributed by atoms with van der Waals surface area (Å²) in [7, 11) is 1.46. The Bertz CT molecular complexity index is 340. The second-order valence-corrected chi connectivity index (χ2v) is 4.53. The summed E-state index contributed by atoms with van der Waals surface area (Å²) in [5, 5.41) is 3.46. The summed E-state index contributed by atoms with van der Waals surface area (Å²) in [4.78, 5) is 11.4. The number of nitrogens with one attached hydrogen (secondary N) is 1. The van der Waals surface area contributed by atoms with E-state index < -0.39 is 0 Å². The Kier molecular flexibility index (Phi) is 4.20. The van der Waals surface area contributed by atoms with Crippen LogP contribution in [0.15, 0.2) is 22.8 Å². The molecule has 2 rings (SSSR count). The SMILES string of the molecule is COC(=O)C1CCC(NCc2ccco2)CC1. The van der Waals surface area contributed by atoms with Gasteiger partial charge < -0.3 is 14.5 Å². The first-order valence-corrected chi connectivity index (χ1v) is 6.13. The summed E-state index contributed by atoms with van der Waals surface area (Å²) < 4.78 is 10.0. The highest BCUT2D eigenvalue weighted by Crippen LogP contribution is 2.25. The first kappa shape index (κ1) is 12.2. The number of methoxy groups -OCH3 is 1. The van der Waals surface area contributed by atoms with Crippen LogP contribution < -0.4 is 5.32 Å². The van der Waals surface area contributed by atoms with Crippen molar-refractivity contribution in [3.05, 3.63) is 24.2 Å². The molecule has 0 aromatic carbocycles. The third kappa shape index (κ3) is 3.33. The van der Waals surface area contributed by atoms with Gasteiger partial charge in [-0.2, -0.15) is 0 Å². The van der Waals surface area contributed by atoms with Gasteiger partial charge in [0, 0.05) is 6.04 Å². The van der Waals surface area contributed by atoms with Crippen molar-refractivity contribution in [2.75, 3.05) is 7.11 Å².